The fourth-order valence-corrected chi connectivity index (χ4v) is 6.06. The highest BCUT2D eigenvalue weighted by atomic mass is 32.5. The lowest BCUT2D eigenvalue weighted by Gasteiger charge is -2.26. The molecule has 2 unspecified atom stereocenters. The molecular formula is C19H22F2N11O8PS. The Hall–Kier alpha value is -3.34. The number of aromatic amines is 1. The van der Waals surface area contributed by atoms with Crippen LogP contribution in [0.4, 0.5) is 20.5 Å². The molecule has 4 aromatic rings. The first-order chi connectivity index (χ1) is 20.0. The number of anilines is 2. The molecule has 6 heterocycles. The minimum Gasteiger partial charge on any atom is -0.394 e. The standard InChI is InChI=1S/C19H22F2N11O8PS/c20-7-5(1-33)38-18(31-4-26-10-15(31)27-19(23)28-16(10)35)12(7)40-41(36,42)37-2-6-11(34)8(21)17(39-6)32-14-9(29-30-32)13(22)24-3-25-14/h3-8,11-12,17-18,33-34H,1-2H2,(H,36,42)(H2,22,24,25)(H3,23,27,28,35)/t5-,6-,7-,8+,11?,12-,17-,18-,41?/m1/s1. The Morgan fingerprint density at radius 2 is 1.88 bits per heavy atom. The van der Waals surface area contributed by atoms with E-state index in [1.54, 1.807) is 0 Å². The molecule has 0 radical (unpaired) electrons. The van der Waals surface area contributed by atoms with E-state index in [9.17, 15) is 19.9 Å². The van der Waals surface area contributed by atoms with Crippen LogP contribution in [0, 0.1) is 0 Å². The first kappa shape index (κ1) is 28.8. The highest BCUT2D eigenvalue weighted by Crippen LogP contribution is 2.51. The fourth-order valence-electron chi connectivity index (χ4n) is 4.65. The summed E-state index contributed by atoms with van der Waals surface area (Å²) in [5.41, 5.74) is 10.6. The van der Waals surface area contributed by atoms with Gasteiger partial charge in [-0.15, -0.1) is 5.10 Å². The van der Waals surface area contributed by atoms with E-state index in [1.807, 2.05) is 0 Å². The van der Waals surface area contributed by atoms with Crippen LogP contribution in [0.5, 0.6) is 0 Å². The molecular weight excluding hydrogens is 611 g/mol. The number of nitrogens with zero attached hydrogens (tertiary/aromatic N) is 8. The van der Waals surface area contributed by atoms with Crippen molar-refractivity contribution in [2.45, 2.75) is 49.2 Å². The number of aliphatic hydroxyl groups is 2. The molecule has 0 saturated carbocycles. The van der Waals surface area contributed by atoms with Crippen LogP contribution in [0.3, 0.4) is 0 Å². The van der Waals surface area contributed by atoms with E-state index < -0.39 is 74.7 Å². The number of alkyl halides is 2. The molecule has 42 heavy (non-hydrogen) atoms. The van der Waals surface area contributed by atoms with Crippen molar-refractivity contribution >= 4 is 52.6 Å². The zero-order chi connectivity index (χ0) is 29.9. The minimum absolute atomic E-state index is 0.00301. The average molecular weight is 633 g/mol. The van der Waals surface area contributed by atoms with Crippen molar-refractivity contribution in [3.05, 3.63) is 23.0 Å². The molecule has 9 atom stereocenters. The number of aromatic nitrogens is 9. The highest BCUT2D eigenvalue weighted by Gasteiger charge is 2.51. The normalized spacial score (nSPS) is 31.3. The van der Waals surface area contributed by atoms with Crippen molar-refractivity contribution < 1.29 is 42.4 Å². The molecule has 226 valence electrons. The van der Waals surface area contributed by atoms with Gasteiger partial charge in [-0.1, -0.05) is 5.21 Å². The Morgan fingerprint density at radius 3 is 2.64 bits per heavy atom. The zero-order valence-electron chi connectivity index (χ0n) is 20.9. The van der Waals surface area contributed by atoms with Crippen molar-refractivity contribution in [1.82, 2.24) is 44.5 Å². The van der Waals surface area contributed by atoms with Gasteiger partial charge in [0, 0.05) is 0 Å². The molecule has 2 aliphatic rings. The summed E-state index contributed by atoms with van der Waals surface area (Å²) in [5.74, 6) is -0.262. The number of aliphatic hydroxyl groups excluding tert-OH is 2. The maximum Gasteiger partial charge on any atom is 0.325 e. The molecule has 0 aliphatic carbocycles. The van der Waals surface area contributed by atoms with Gasteiger partial charge in [-0.25, -0.2) is 23.7 Å². The third-order valence-corrected chi connectivity index (χ3v) is 8.21. The lowest BCUT2D eigenvalue weighted by Crippen LogP contribution is -2.33. The molecule has 6 rings (SSSR count). The summed E-state index contributed by atoms with van der Waals surface area (Å²) in [4.78, 5) is 40.9. The molecule has 23 heteroatoms. The lowest BCUT2D eigenvalue weighted by atomic mass is 10.1. The van der Waals surface area contributed by atoms with Crippen molar-refractivity contribution in [3.63, 3.8) is 0 Å². The van der Waals surface area contributed by atoms with Gasteiger partial charge >= 0.3 is 6.72 Å². The van der Waals surface area contributed by atoms with Gasteiger partial charge in [-0.2, -0.15) is 9.67 Å². The first-order valence-electron chi connectivity index (χ1n) is 12.1. The van der Waals surface area contributed by atoms with Crippen LogP contribution in [0.25, 0.3) is 22.3 Å². The summed E-state index contributed by atoms with van der Waals surface area (Å²) in [6.07, 6.45) is -11.1. The largest absolute Gasteiger partial charge is 0.394 e. The Morgan fingerprint density at radius 1 is 1.12 bits per heavy atom. The van der Waals surface area contributed by atoms with Crippen molar-refractivity contribution in [2.24, 2.45) is 0 Å². The molecule has 0 spiro atoms. The molecule has 0 amide bonds. The Kier molecular flexibility index (Phi) is 7.35. The van der Waals surface area contributed by atoms with Gasteiger partial charge in [0.05, 0.1) is 19.5 Å². The Bertz CT molecular complexity index is 1740. The van der Waals surface area contributed by atoms with Crippen LogP contribution in [-0.2, 0) is 30.3 Å². The van der Waals surface area contributed by atoms with Crippen LogP contribution in [0.15, 0.2) is 17.4 Å². The number of nitrogen functional groups attached to an aromatic ring is 2. The maximum absolute atomic E-state index is 15.3. The lowest BCUT2D eigenvalue weighted by molar-refractivity contribution is -0.0576. The highest BCUT2D eigenvalue weighted by molar-refractivity contribution is 8.07. The number of H-pyrrole nitrogens is 1. The van der Waals surface area contributed by atoms with E-state index in [0.717, 1.165) is 21.9 Å². The van der Waals surface area contributed by atoms with E-state index in [-0.39, 0.29) is 34.1 Å². The number of nitrogens with two attached hydrogens (primary N) is 2. The molecule has 2 aliphatic heterocycles. The second-order valence-corrected chi connectivity index (χ2v) is 12.1. The summed E-state index contributed by atoms with van der Waals surface area (Å²) in [7, 11) is 0. The van der Waals surface area contributed by atoms with Gasteiger partial charge in [-0.05, 0) is 11.8 Å². The van der Waals surface area contributed by atoms with Gasteiger partial charge in [0.1, 0.15) is 30.7 Å². The molecule has 2 fully saturated rings. The zero-order valence-corrected chi connectivity index (χ0v) is 22.6. The van der Waals surface area contributed by atoms with Gasteiger partial charge in [0.15, 0.2) is 52.9 Å². The molecule has 0 aromatic carbocycles. The van der Waals surface area contributed by atoms with Gasteiger partial charge in [0.25, 0.3) is 5.56 Å². The number of ether oxygens (including phenoxy) is 2. The summed E-state index contributed by atoms with van der Waals surface area (Å²) in [5, 5.41) is 27.6. The van der Waals surface area contributed by atoms with E-state index >= 15 is 8.78 Å². The topological polar surface area (TPSA) is 270 Å². The molecule has 8 N–H and O–H groups in total. The molecule has 2 saturated heterocycles. The Balaban J connectivity index is 1.19. The second kappa shape index (κ2) is 10.7. The van der Waals surface area contributed by atoms with Crippen molar-refractivity contribution in [3.8, 4) is 0 Å². The fraction of sp³-hybridized carbons (Fsp3) is 0.526. The van der Waals surface area contributed by atoms with Crippen LogP contribution in [0.1, 0.15) is 12.5 Å². The van der Waals surface area contributed by atoms with E-state index in [2.05, 4.69) is 35.2 Å². The van der Waals surface area contributed by atoms with Crippen LogP contribution in [-0.4, -0.2) is 110 Å². The Labute approximate surface area is 236 Å². The number of hydrogen-bond acceptors (Lipinski definition) is 16. The van der Waals surface area contributed by atoms with E-state index in [4.69, 9.17) is 41.8 Å². The monoisotopic (exact) mass is 633 g/mol. The van der Waals surface area contributed by atoms with Crippen molar-refractivity contribution in [1.29, 1.82) is 0 Å². The summed E-state index contributed by atoms with van der Waals surface area (Å²) < 4.78 is 54.3. The molecule has 19 nitrogen and oxygen atoms in total. The van der Waals surface area contributed by atoms with E-state index in [1.165, 1.54) is 0 Å². The first-order valence-corrected chi connectivity index (χ1v) is 14.7. The predicted octanol–water partition coefficient (Wildman–Crippen LogP) is -2.04. The number of imidazole rings is 1. The van der Waals surface area contributed by atoms with Crippen LogP contribution >= 0.6 is 6.72 Å². The number of halogens is 2. The summed E-state index contributed by atoms with van der Waals surface area (Å²) in [6.45, 7) is -5.82. The molecule has 4 aromatic heterocycles. The van der Waals surface area contributed by atoms with Crippen LogP contribution < -0.4 is 17.0 Å². The quantitative estimate of drug-likeness (QED) is 0.114. The van der Waals surface area contributed by atoms with Gasteiger partial charge in [0.2, 0.25) is 5.95 Å². The molecule has 0 bridgehead atoms. The number of hydrogen-bond donors (Lipinski definition) is 6. The summed E-state index contributed by atoms with van der Waals surface area (Å²) in [6, 6.07) is 0. The van der Waals surface area contributed by atoms with Crippen LogP contribution in [0.2, 0.25) is 0 Å². The summed E-state index contributed by atoms with van der Waals surface area (Å²) >= 11 is 5.05. The predicted molar refractivity (Wildman–Crippen MR) is 138 cm³/mol. The number of nitrogens with one attached hydrogen (secondary N) is 1. The number of fused-ring (bicyclic) bond motifs is 2. The average Bonchev–Trinajstić information content (AvgIpc) is 3.69. The third-order valence-electron chi connectivity index (χ3n) is 6.65. The number of rotatable bonds is 8. The van der Waals surface area contributed by atoms with Crippen molar-refractivity contribution in [2.75, 3.05) is 24.7 Å². The minimum atomic E-state index is -4.36. The third kappa shape index (κ3) is 4.89. The van der Waals surface area contributed by atoms with Gasteiger partial charge in [-0.3, -0.25) is 18.9 Å². The second-order valence-electron chi connectivity index (χ2n) is 9.27. The smallest absolute Gasteiger partial charge is 0.325 e. The maximum atomic E-state index is 15.3. The SMILES string of the molecule is Nc1nc2c(ncn2[C@@H]2O[C@H](CO)[C@@H](F)[C@H]2OP(O)(=S)OC[C@H]2O[C@@H](n3nnc4c(N)ncnc43)[C@@H](F)C2O)c(=O)[nH]1. The van der Waals surface area contributed by atoms with Gasteiger partial charge < -0.3 is 40.6 Å². The van der Waals surface area contributed by atoms with E-state index in [0.29, 0.717) is 0 Å².